The molecule has 35 heavy (non-hydrogen) atoms. The Kier molecular flexibility index (Phi) is 5.36. The smallest absolute Gasteiger partial charge is 0.164 e. The number of aromatic nitrogens is 7. The van der Waals surface area contributed by atoms with Crippen molar-refractivity contribution in [1.29, 1.82) is 10.5 Å². The first-order valence-corrected chi connectivity index (χ1v) is 10.6. The molecular formula is C24H17FN10. The SMILES string of the molecule is CC(C)Nc1cc(-n2ncc3cc(C#N)cnc32)ncc1-c1cn(-c2ccc(F)c(C#N)c2)nn1. The molecule has 0 saturated heterocycles. The van der Waals surface area contributed by atoms with Crippen molar-refractivity contribution in [2.75, 3.05) is 5.32 Å². The summed E-state index contributed by atoms with van der Waals surface area (Å²) >= 11 is 0. The normalized spacial score (nSPS) is 10.9. The van der Waals surface area contributed by atoms with Gasteiger partial charge in [-0.3, -0.25) is 0 Å². The Morgan fingerprint density at radius 2 is 1.89 bits per heavy atom. The average Bonchev–Trinajstić information content (AvgIpc) is 3.51. The van der Waals surface area contributed by atoms with Gasteiger partial charge < -0.3 is 5.32 Å². The Balaban J connectivity index is 1.56. The van der Waals surface area contributed by atoms with Crippen LogP contribution < -0.4 is 5.32 Å². The molecule has 1 N–H and O–H groups in total. The van der Waals surface area contributed by atoms with Gasteiger partial charge in [0.25, 0.3) is 0 Å². The number of hydrogen-bond donors (Lipinski definition) is 1. The zero-order valence-corrected chi connectivity index (χ0v) is 18.7. The Hall–Kier alpha value is -5.16. The van der Waals surface area contributed by atoms with Crippen molar-refractivity contribution in [3.63, 3.8) is 0 Å². The van der Waals surface area contributed by atoms with Crippen molar-refractivity contribution in [2.24, 2.45) is 0 Å². The molecule has 0 aliphatic carbocycles. The van der Waals surface area contributed by atoms with Crippen molar-refractivity contribution >= 4 is 16.7 Å². The zero-order valence-electron chi connectivity index (χ0n) is 18.7. The van der Waals surface area contributed by atoms with Crippen molar-refractivity contribution in [3.05, 3.63) is 72.1 Å². The summed E-state index contributed by atoms with van der Waals surface area (Å²) in [6, 6.07) is 11.7. The maximum Gasteiger partial charge on any atom is 0.164 e. The highest BCUT2D eigenvalue weighted by molar-refractivity contribution is 5.79. The van der Waals surface area contributed by atoms with Gasteiger partial charge >= 0.3 is 0 Å². The van der Waals surface area contributed by atoms with E-state index in [1.165, 1.54) is 29.1 Å². The minimum absolute atomic E-state index is 0.0744. The molecule has 0 unspecified atom stereocenters. The minimum atomic E-state index is -0.593. The maximum atomic E-state index is 13.7. The fourth-order valence-electron chi connectivity index (χ4n) is 3.60. The molecule has 1 aromatic carbocycles. The molecule has 0 spiro atoms. The van der Waals surface area contributed by atoms with E-state index in [2.05, 4.69) is 36.8 Å². The van der Waals surface area contributed by atoms with E-state index in [4.69, 9.17) is 10.5 Å². The summed E-state index contributed by atoms with van der Waals surface area (Å²) in [6.45, 7) is 4.02. The Labute approximate surface area is 198 Å². The van der Waals surface area contributed by atoms with Crippen molar-refractivity contribution in [2.45, 2.75) is 19.9 Å². The molecule has 5 rings (SSSR count). The molecule has 0 atom stereocenters. The number of nitrogens with one attached hydrogen (secondary N) is 1. The lowest BCUT2D eigenvalue weighted by atomic mass is 10.1. The van der Waals surface area contributed by atoms with Crippen LogP contribution in [0.5, 0.6) is 0 Å². The highest BCUT2D eigenvalue weighted by atomic mass is 19.1. The average molecular weight is 464 g/mol. The standard InChI is InChI=1S/C24H17FN10/c1-14(2)31-21-7-23(35-24-17(11-30-35)5-15(8-26)10-29-24)28-12-19(21)22-13-34(33-32-22)18-3-4-20(25)16(6-18)9-27/h3-7,10-14H,1-2H3,(H,28,31). The van der Waals surface area contributed by atoms with Gasteiger partial charge in [-0.15, -0.1) is 5.10 Å². The zero-order chi connectivity index (χ0) is 24.5. The molecule has 0 saturated carbocycles. The van der Waals surface area contributed by atoms with Crippen LogP contribution >= 0.6 is 0 Å². The predicted molar refractivity (Wildman–Crippen MR) is 125 cm³/mol. The quantitative estimate of drug-likeness (QED) is 0.415. The molecule has 0 fully saturated rings. The molecule has 170 valence electrons. The molecule has 0 aliphatic heterocycles. The summed E-state index contributed by atoms with van der Waals surface area (Å²) in [5.74, 6) is -0.0574. The molecule has 5 aromatic rings. The van der Waals surface area contributed by atoms with Crippen LogP contribution in [0.25, 0.3) is 33.8 Å². The predicted octanol–water partition coefficient (Wildman–Crippen LogP) is 3.77. The molecule has 0 aliphatic rings. The van der Waals surface area contributed by atoms with Gasteiger partial charge in [0.2, 0.25) is 0 Å². The molecule has 11 heteroatoms. The molecule has 4 heterocycles. The third kappa shape index (κ3) is 4.03. The summed E-state index contributed by atoms with van der Waals surface area (Å²) in [6.07, 6.45) is 6.48. The van der Waals surface area contributed by atoms with Gasteiger partial charge in [-0.25, -0.2) is 19.0 Å². The van der Waals surface area contributed by atoms with Gasteiger partial charge in [-0.05, 0) is 38.1 Å². The summed E-state index contributed by atoms with van der Waals surface area (Å²) in [7, 11) is 0. The van der Waals surface area contributed by atoms with Gasteiger partial charge in [0, 0.05) is 41.1 Å². The van der Waals surface area contributed by atoms with Gasteiger partial charge in [0.1, 0.15) is 23.6 Å². The fourth-order valence-corrected chi connectivity index (χ4v) is 3.60. The topological polar surface area (TPSA) is 134 Å². The number of pyridine rings is 2. The number of benzene rings is 1. The largest absolute Gasteiger partial charge is 0.382 e. The van der Waals surface area contributed by atoms with Crippen molar-refractivity contribution in [3.8, 4) is 34.9 Å². The number of halogens is 1. The van der Waals surface area contributed by atoms with E-state index in [0.717, 1.165) is 11.1 Å². The van der Waals surface area contributed by atoms with Gasteiger partial charge in [0.15, 0.2) is 11.5 Å². The molecule has 4 aromatic heterocycles. The lowest BCUT2D eigenvalue weighted by Gasteiger charge is -2.14. The second-order valence-corrected chi connectivity index (χ2v) is 8.02. The first kappa shape index (κ1) is 21.7. The molecule has 10 nitrogen and oxygen atoms in total. The number of nitrogens with zero attached hydrogens (tertiary/aromatic N) is 9. The monoisotopic (exact) mass is 464 g/mol. The van der Waals surface area contributed by atoms with E-state index in [-0.39, 0.29) is 11.6 Å². The van der Waals surface area contributed by atoms with E-state index < -0.39 is 5.82 Å². The van der Waals surface area contributed by atoms with E-state index in [9.17, 15) is 4.39 Å². The van der Waals surface area contributed by atoms with Crippen LogP contribution in [0.15, 0.2) is 55.1 Å². The summed E-state index contributed by atoms with van der Waals surface area (Å²) < 4.78 is 16.8. The molecular weight excluding hydrogens is 447 g/mol. The van der Waals surface area contributed by atoms with Gasteiger partial charge in [-0.2, -0.15) is 20.3 Å². The van der Waals surface area contributed by atoms with E-state index in [1.54, 1.807) is 29.3 Å². The van der Waals surface area contributed by atoms with Crippen LogP contribution in [0.1, 0.15) is 25.0 Å². The van der Waals surface area contributed by atoms with Crippen LogP contribution in [0.2, 0.25) is 0 Å². The lowest BCUT2D eigenvalue weighted by Crippen LogP contribution is -2.12. The number of rotatable bonds is 5. The minimum Gasteiger partial charge on any atom is -0.382 e. The molecule has 0 bridgehead atoms. The van der Waals surface area contributed by atoms with Crippen LogP contribution in [-0.4, -0.2) is 40.8 Å². The summed E-state index contributed by atoms with van der Waals surface area (Å²) in [5, 5.41) is 35.2. The van der Waals surface area contributed by atoms with E-state index in [1.807, 2.05) is 26.0 Å². The number of fused-ring (bicyclic) bond motifs is 1. The van der Waals surface area contributed by atoms with E-state index in [0.29, 0.717) is 34.0 Å². The third-order valence-electron chi connectivity index (χ3n) is 5.19. The van der Waals surface area contributed by atoms with Gasteiger partial charge in [-0.1, -0.05) is 5.21 Å². The Bertz CT molecular complexity index is 1650. The van der Waals surface area contributed by atoms with E-state index >= 15 is 0 Å². The fraction of sp³-hybridized carbons (Fsp3) is 0.125. The van der Waals surface area contributed by atoms with Crippen molar-refractivity contribution < 1.29 is 4.39 Å². The highest BCUT2D eigenvalue weighted by Gasteiger charge is 2.16. The molecule has 0 amide bonds. The maximum absolute atomic E-state index is 13.7. The lowest BCUT2D eigenvalue weighted by molar-refractivity contribution is 0.622. The summed E-state index contributed by atoms with van der Waals surface area (Å²) in [5.41, 5.74) is 3.46. The number of nitriles is 2. The first-order valence-electron chi connectivity index (χ1n) is 10.6. The molecule has 0 radical (unpaired) electrons. The van der Waals surface area contributed by atoms with Crippen LogP contribution in [0, 0.1) is 28.5 Å². The van der Waals surface area contributed by atoms with Crippen LogP contribution in [0.4, 0.5) is 10.1 Å². The third-order valence-corrected chi connectivity index (χ3v) is 5.19. The van der Waals surface area contributed by atoms with Crippen molar-refractivity contribution in [1.82, 2.24) is 34.7 Å². The summed E-state index contributed by atoms with van der Waals surface area (Å²) in [4.78, 5) is 8.92. The second-order valence-electron chi connectivity index (χ2n) is 8.02. The number of anilines is 1. The first-order chi connectivity index (χ1) is 17.0. The van der Waals surface area contributed by atoms with Crippen LogP contribution in [-0.2, 0) is 0 Å². The number of hydrogen-bond acceptors (Lipinski definition) is 8. The van der Waals surface area contributed by atoms with Crippen LogP contribution in [0.3, 0.4) is 0 Å². The Morgan fingerprint density at radius 1 is 1.03 bits per heavy atom. The highest BCUT2D eigenvalue weighted by Crippen LogP contribution is 2.29. The van der Waals surface area contributed by atoms with Gasteiger partial charge in [0.05, 0.1) is 29.2 Å². The second kappa shape index (κ2) is 8.65. The Morgan fingerprint density at radius 3 is 2.66 bits per heavy atom.